The minimum Gasteiger partial charge on any atom is -0.317 e. The minimum absolute atomic E-state index is 0.387. The van der Waals surface area contributed by atoms with E-state index in [4.69, 9.17) is 0 Å². The lowest BCUT2D eigenvalue weighted by Gasteiger charge is -2.31. The van der Waals surface area contributed by atoms with Crippen molar-refractivity contribution in [1.29, 1.82) is 0 Å². The second-order valence-corrected chi connectivity index (χ2v) is 4.44. The van der Waals surface area contributed by atoms with Crippen molar-refractivity contribution in [3.8, 4) is 0 Å². The Balaban J connectivity index is 2.33. The third-order valence-corrected chi connectivity index (χ3v) is 3.08. The van der Waals surface area contributed by atoms with Gasteiger partial charge < -0.3 is 4.90 Å². The third-order valence-electron chi connectivity index (χ3n) is 3.08. The van der Waals surface area contributed by atoms with E-state index < -0.39 is 45.8 Å². The van der Waals surface area contributed by atoms with Gasteiger partial charge >= 0.3 is 0 Å². The number of benzene rings is 1. The summed E-state index contributed by atoms with van der Waals surface area (Å²) in [6.07, 6.45) is 0. The number of nitrogens with zero attached hydrogens (tertiary/aromatic N) is 2. The zero-order chi connectivity index (χ0) is 15.7. The average Bonchev–Trinajstić information content (AvgIpc) is 2.41. The molecule has 1 atom stereocenters. The first-order chi connectivity index (χ1) is 9.81. The molecule has 3 amide bonds. The van der Waals surface area contributed by atoms with Gasteiger partial charge in [-0.3, -0.25) is 29.8 Å². The van der Waals surface area contributed by atoms with Crippen LogP contribution in [0.5, 0.6) is 0 Å². The van der Waals surface area contributed by atoms with E-state index in [1.165, 1.54) is 6.92 Å². The van der Waals surface area contributed by atoms with Crippen molar-refractivity contribution in [2.24, 2.45) is 0 Å². The van der Waals surface area contributed by atoms with E-state index in [1.807, 2.05) is 5.32 Å². The van der Waals surface area contributed by atoms with Gasteiger partial charge in [-0.25, -0.2) is 4.39 Å². The summed E-state index contributed by atoms with van der Waals surface area (Å²) in [4.78, 5) is 45.6. The second-order valence-electron chi connectivity index (χ2n) is 4.44. The Kier molecular flexibility index (Phi) is 3.66. The lowest BCUT2D eigenvalue weighted by atomic mass is 10.1. The van der Waals surface area contributed by atoms with Crippen LogP contribution in [0.2, 0.25) is 0 Å². The third kappa shape index (κ3) is 2.71. The van der Waals surface area contributed by atoms with Crippen molar-refractivity contribution in [3.05, 3.63) is 39.7 Å². The molecule has 1 unspecified atom stereocenters. The van der Waals surface area contributed by atoms with E-state index in [1.54, 1.807) is 0 Å². The zero-order valence-electron chi connectivity index (χ0n) is 10.8. The van der Waals surface area contributed by atoms with Gasteiger partial charge in [0.1, 0.15) is 18.4 Å². The molecule has 0 radical (unpaired) electrons. The Bertz CT molecular complexity index is 660. The number of non-ortho nitro benzene ring substituents is 1. The number of amides is 3. The maximum absolute atomic E-state index is 13.8. The number of hydrogen-bond acceptors (Lipinski definition) is 5. The Labute approximate surface area is 117 Å². The predicted octanol–water partition coefficient (Wildman–Crippen LogP) is 0.221. The van der Waals surface area contributed by atoms with E-state index in [0.717, 1.165) is 17.0 Å². The zero-order valence-corrected chi connectivity index (χ0v) is 10.8. The van der Waals surface area contributed by atoms with Crippen molar-refractivity contribution in [1.82, 2.24) is 10.2 Å². The van der Waals surface area contributed by atoms with Crippen LogP contribution in [0, 0.1) is 15.9 Å². The van der Waals surface area contributed by atoms with Crippen molar-refractivity contribution in [2.75, 3.05) is 6.54 Å². The van der Waals surface area contributed by atoms with Gasteiger partial charge in [0.05, 0.1) is 16.6 Å². The van der Waals surface area contributed by atoms with Crippen LogP contribution in [-0.2, 0) is 9.59 Å². The van der Waals surface area contributed by atoms with Crippen LogP contribution in [0.4, 0.5) is 10.1 Å². The summed E-state index contributed by atoms with van der Waals surface area (Å²) in [7, 11) is 0. The van der Waals surface area contributed by atoms with Crippen LogP contribution in [0.25, 0.3) is 0 Å². The molecule has 0 saturated carbocycles. The number of hydrogen-bond donors (Lipinski definition) is 1. The Morgan fingerprint density at radius 1 is 1.48 bits per heavy atom. The number of carbonyl (C=O) groups is 3. The molecular formula is C12H10FN3O5. The van der Waals surface area contributed by atoms with Crippen LogP contribution >= 0.6 is 0 Å². The molecule has 0 spiro atoms. The summed E-state index contributed by atoms with van der Waals surface area (Å²) in [5.74, 6) is -3.30. The molecule has 0 aromatic heterocycles. The van der Waals surface area contributed by atoms with E-state index >= 15 is 0 Å². The number of nitro groups is 1. The predicted molar refractivity (Wildman–Crippen MR) is 66.7 cm³/mol. The molecule has 0 aliphatic carbocycles. The average molecular weight is 295 g/mol. The summed E-state index contributed by atoms with van der Waals surface area (Å²) in [6.45, 7) is 1.01. The van der Waals surface area contributed by atoms with Crippen LogP contribution in [0.3, 0.4) is 0 Å². The lowest BCUT2D eigenvalue weighted by Crippen LogP contribution is -2.58. The van der Waals surface area contributed by atoms with Crippen LogP contribution in [0.15, 0.2) is 18.2 Å². The molecule has 1 aromatic rings. The molecule has 21 heavy (non-hydrogen) atoms. The molecule has 2 rings (SSSR count). The van der Waals surface area contributed by atoms with Crippen molar-refractivity contribution >= 4 is 23.4 Å². The van der Waals surface area contributed by atoms with Crippen LogP contribution < -0.4 is 5.32 Å². The maximum Gasteiger partial charge on any atom is 0.272 e. The van der Waals surface area contributed by atoms with Gasteiger partial charge in [-0.1, -0.05) is 0 Å². The molecule has 1 aromatic carbocycles. The normalized spacial score (nSPS) is 18.4. The smallest absolute Gasteiger partial charge is 0.272 e. The molecule has 1 heterocycles. The van der Waals surface area contributed by atoms with Crippen molar-refractivity contribution in [2.45, 2.75) is 13.0 Å². The van der Waals surface area contributed by atoms with Crippen LogP contribution in [0.1, 0.15) is 17.3 Å². The number of imide groups is 1. The molecule has 1 N–H and O–H groups in total. The number of rotatable bonds is 2. The lowest BCUT2D eigenvalue weighted by molar-refractivity contribution is -0.385. The molecular weight excluding hydrogens is 285 g/mol. The number of piperazine rings is 1. The highest BCUT2D eigenvalue weighted by atomic mass is 19.1. The number of nitro benzene ring substituents is 1. The van der Waals surface area contributed by atoms with Gasteiger partial charge in [-0.2, -0.15) is 0 Å². The molecule has 1 saturated heterocycles. The summed E-state index contributed by atoms with van der Waals surface area (Å²) in [5.41, 5.74) is -0.931. The Morgan fingerprint density at radius 2 is 2.14 bits per heavy atom. The second kappa shape index (κ2) is 5.27. The van der Waals surface area contributed by atoms with Gasteiger partial charge in [0.15, 0.2) is 0 Å². The number of carbonyl (C=O) groups excluding carboxylic acids is 3. The van der Waals surface area contributed by atoms with E-state index in [2.05, 4.69) is 0 Å². The Morgan fingerprint density at radius 3 is 2.71 bits per heavy atom. The fourth-order valence-electron chi connectivity index (χ4n) is 1.91. The van der Waals surface area contributed by atoms with E-state index in [0.29, 0.717) is 6.07 Å². The minimum atomic E-state index is -1.08. The molecule has 1 aliphatic heterocycles. The first-order valence-corrected chi connectivity index (χ1v) is 5.90. The highest BCUT2D eigenvalue weighted by molar-refractivity contribution is 6.07. The van der Waals surface area contributed by atoms with Gasteiger partial charge in [-0.15, -0.1) is 0 Å². The monoisotopic (exact) mass is 295 g/mol. The number of halogens is 1. The molecule has 1 aliphatic rings. The summed E-state index contributed by atoms with van der Waals surface area (Å²) >= 11 is 0. The molecule has 0 bridgehead atoms. The highest BCUT2D eigenvalue weighted by Crippen LogP contribution is 2.19. The fourth-order valence-corrected chi connectivity index (χ4v) is 1.91. The van der Waals surface area contributed by atoms with Crippen molar-refractivity contribution < 1.29 is 23.7 Å². The molecule has 9 heteroatoms. The SMILES string of the molecule is CC1C(=O)NC(=O)CN1C(=O)c1ccc([N+](=O)[O-])cc1F. The quantitative estimate of drug-likeness (QED) is 0.477. The van der Waals surface area contributed by atoms with Gasteiger partial charge in [0, 0.05) is 6.07 Å². The van der Waals surface area contributed by atoms with E-state index in [-0.39, 0.29) is 6.54 Å². The standard InChI is InChI=1S/C12H10FN3O5/c1-6-11(18)14-10(17)5-15(6)12(19)8-3-2-7(16(20)21)4-9(8)13/h2-4,6H,5H2,1H3,(H,14,17,18). The first kappa shape index (κ1) is 14.6. The summed E-state index contributed by atoms with van der Waals surface area (Å²) in [6, 6.07) is 1.61. The van der Waals surface area contributed by atoms with Gasteiger partial charge in [0.2, 0.25) is 11.8 Å². The summed E-state index contributed by atoms with van der Waals surface area (Å²) < 4.78 is 13.8. The summed E-state index contributed by atoms with van der Waals surface area (Å²) in [5, 5.41) is 12.6. The molecule has 8 nitrogen and oxygen atoms in total. The number of nitrogens with one attached hydrogen (secondary N) is 1. The van der Waals surface area contributed by atoms with Crippen LogP contribution in [-0.4, -0.2) is 40.1 Å². The maximum atomic E-state index is 13.8. The first-order valence-electron chi connectivity index (χ1n) is 5.90. The van der Waals surface area contributed by atoms with Gasteiger partial charge in [-0.05, 0) is 13.0 Å². The Hall–Kier alpha value is -2.84. The molecule has 110 valence electrons. The topological polar surface area (TPSA) is 110 Å². The highest BCUT2D eigenvalue weighted by Gasteiger charge is 2.35. The van der Waals surface area contributed by atoms with Crippen molar-refractivity contribution in [3.63, 3.8) is 0 Å². The molecule has 1 fully saturated rings. The largest absolute Gasteiger partial charge is 0.317 e. The van der Waals surface area contributed by atoms with E-state index in [9.17, 15) is 28.9 Å². The fraction of sp³-hybridized carbons (Fsp3) is 0.250. The van der Waals surface area contributed by atoms with Gasteiger partial charge in [0.25, 0.3) is 11.6 Å².